The number of methoxy groups -OCH3 is 1. The van der Waals surface area contributed by atoms with Crippen molar-refractivity contribution in [3.8, 4) is 5.88 Å². The van der Waals surface area contributed by atoms with Crippen LogP contribution in [-0.2, 0) is 0 Å². The number of aromatic nitrogens is 1. The molecule has 5 heteroatoms. The minimum atomic E-state index is -0.0694. The lowest BCUT2D eigenvalue weighted by Crippen LogP contribution is -2.38. The predicted octanol–water partition coefficient (Wildman–Crippen LogP) is 2.57. The van der Waals surface area contributed by atoms with Crippen molar-refractivity contribution in [3.05, 3.63) is 23.9 Å². The number of amides is 1. The average molecular weight is 271 g/mol. The number of halogens is 1. The van der Waals surface area contributed by atoms with E-state index in [1.54, 1.807) is 23.2 Å². The van der Waals surface area contributed by atoms with Gasteiger partial charge in [0.2, 0.25) is 5.88 Å². The number of hydrogen-bond donors (Lipinski definition) is 0. The van der Waals surface area contributed by atoms with Gasteiger partial charge < -0.3 is 9.64 Å². The van der Waals surface area contributed by atoms with Crippen LogP contribution < -0.4 is 4.74 Å². The summed E-state index contributed by atoms with van der Waals surface area (Å²) in [6, 6.07) is 3.57. The van der Waals surface area contributed by atoms with Gasteiger partial charge >= 0.3 is 0 Å². The Morgan fingerprint density at radius 2 is 2.28 bits per heavy atom. The Morgan fingerprint density at radius 1 is 1.56 bits per heavy atom. The fourth-order valence-corrected chi connectivity index (χ4v) is 1.81. The summed E-state index contributed by atoms with van der Waals surface area (Å²) in [7, 11) is 1.51. The van der Waals surface area contributed by atoms with Crippen molar-refractivity contribution in [2.75, 3.05) is 19.5 Å². The second-order valence-corrected chi connectivity index (χ2v) is 4.57. The summed E-state index contributed by atoms with van der Waals surface area (Å²) in [6.07, 6.45) is 2.38. The molecule has 1 amide bonds. The van der Waals surface area contributed by atoms with Crippen molar-refractivity contribution in [2.45, 2.75) is 26.3 Å². The van der Waals surface area contributed by atoms with E-state index in [-0.39, 0.29) is 11.9 Å². The number of alkyl halides is 1. The first-order valence-electron chi connectivity index (χ1n) is 5.97. The Bertz CT molecular complexity index is 396. The number of nitrogens with zero attached hydrogens (tertiary/aromatic N) is 2. The molecule has 0 aliphatic rings. The molecule has 0 radical (unpaired) electrons. The maximum Gasteiger partial charge on any atom is 0.259 e. The molecule has 0 bridgehead atoms. The highest BCUT2D eigenvalue weighted by atomic mass is 35.5. The quantitative estimate of drug-likeness (QED) is 0.746. The molecule has 1 rings (SSSR count). The van der Waals surface area contributed by atoms with Crippen LogP contribution in [0.4, 0.5) is 0 Å². The molecule has 1 aromatic heterocycles. The topological polar surface area (TPSA) is 42.4 Å². The number of carbonyl (C=O) groups excluding carboxylic acids is 1. The van der Waals surface area contributed by atoms with Crippen molar-refractivity contribution in [2.24, 2.45) is 0 Å². The maximum absolute atomic E-state index is 12.4. The minimum absolute atomic E-state index is 0.0694. The number of pyridine rings is 1. The molecule has 0 aromatic carbocycles. The van der Waals surface area contributed by atoms with Crippen LogP contribution in [0.15, 0.2) is 18.3 Å². The van der Waals surface area contributed by atoms with Gasteiger partial charge in [0.1, 0.15) is 5.56 Å². The van der Waals surface area contributed by atoms with Gasteiger partial charge in [-0.15, -0.1) is 11.6 Å². The second kappa shape index (κ2) is 7.21. The maximum atomic E-state index is 12.4. The number of hydrogen-bond acceptors (Lipinski definition) is 3. The molecule has 0 aliphatic carbocycles. The highest BCUT2D eigenvalue weighted by Gasteiger charge is 2.21. The second-order valence-electron chi connectivity index (χ2n) is 4.20. The van der Waals surface area contributed by atoms with E-state index in [4.69, 9.17) is 16.3 Å². The van der Waals surface area contributed by atoms with Gasteiger partial charge in [-0.1, -0.05) is 0 Å². The van der Waals surface area contributed by atoms with Crippen LogP contribution in [0.25, 0.3) is 0 Å². The van der Waals surface area contributed by atoms with Crippen molar-refractivity contribution in [3.63, 3.8) is 0 Å². The van der Waals surface area contributed by atoms with Gasteiger partial charge in [0.05, 0.1) is 7.11 Å². The minimum Gasteiger partial charge on any atom is -0.480 e. The van der Waals surface area contributed by atoms with Crippen LogP contribution in [0, 0.1) is 0 Å². The first-order valence-corrected chi connectivity index (χ1v) is 6.51. The van der Waals surface area contributed by atoms with Gasteiger partial charge in [-0.05, 0) is 32.4 Å². The van der Waals surface area contributed by atoms with E-state index in [2.05, 4.69) is 4.98 Å². The summed E-state index contributed by atoms with van der Waals surface area (Å²) < 4.78 is 5.12. The van der Waals surface area contributed by atoms with Crippen LogP contribution in [0.5, 0.6) is 5.88 Å². The molecule has 0 atom stereocenters. The summed E-state index contributed by atoms with van der Waals surface area (Å²) in [5.74, 6) is 0.833. The lowest BCUT2D eigenvalue weighted by atomic mass is 10.2. The smallest absolute Gasteiger partial charge is 0.259 e. The first kappa shape index (κ1) is 14.8. The Hall–Kier alpha value is -1.29. The van der Waals surface area contributed by atoms with E-state index in [1.807, 2.05) is 13.8 Å². The van der Waals surface area contributed by atoms with Gasteiger partial charge in [0.15, 0.2) is 0 Å². The van der Waals surface area contributed by atoms with Crippen molar-refractivity contribution >= 4 is 17.5 Å². The van der Waals surface area contributed by atoms with Crippen LogP contribution in [-0.4, -0.2) is 41.4 Å². The zero-order valence-corrected chi connectivity index (χ0v) is 11.8. The van der Waals surface area contributed by atoms with Gasteiger partial charge in [0, 0.05) is 24.7 Å². The zero-order valence-electron chi connectivity index (χ0n) is 11.0. The molecule has 0 fully saturated rings. The third kappa shape index (κ3) is 3.60. The monoisotopic (exact) mass is 270 g/mol. The molecule has 0 N–H and O–H groups in total. The van der Waals surface area contributed by atoms with E-state index in [9.17, 15) is 4.79 Å². The standard InChI is InChI=1S/C13H19ClN2O2/c1-10(2)16(9-5-7-14)13(17)11-6-4-8-15-12(11)18-3/h4,6,8,10H,5,7,9H2,1-3H3. The predicted molar refractivity (Wildman–Crippen MR) is 72.3 cm³/mol. The third-order valence-electron chi connectivity index (χ3n) is 2.61. The van der Waals surface area contributed by atoms with Crippen LogP contribution in [0.2, 0.25) is 0 Å². The lowest BCUT2D eigenvalue weighted by molar-refractivity contribution is 0.0702. The summed E-state index contributed by atoms with van der Waals surface area (Å²) >= 11 is 5.68. The van der Waals surface area contributed by atoms with Crippen molar-refractivity contribution in [1.82, 2.24) is 9.88 Å². The molecule has 1 heterocycles. The number of carbonyl (C=O) groups is 1. The van der Waals surface area contributed by atoms with E-state index in [0.29, 0.717) is 23.9 Å². The van der Waals surface area contributed by atoms with E-state index in [0.717, 1.165) is 6.42 Å². The Labute approximate surface area is 113 Å². The molecule has 0 unspecified atom stereocenters. The third-order valence-corrected chi connectivity index (χ3v) is 2.88. The van der Waals surface area contributed by atoms with E-state index >= 15 is 0 Å². The zero-order chi connectivity index (χ0) is 13.5. The molecular weight excluding hydrogens is 252 g/mol. The molecule has 1 aromatic rings. The summed E-state index contributed by atoms with van der Waals surface area (Å²) in [5.41, 5.74) is 0.489. The Balaban J connectivity index is 2.94. The van der Waals surface area contributed by atoms with Crippen LogP contribution in [0.3, 0.4) is 0 Å². The van der Waals surface area contributed by atoms with Crippen LogP contribution in [0.1, 0.15) is 30.6 Å². The normalized spacial score (nSPS) is 10.5. The number of rotatable bonds is 6. The lowest BCUT2D eigenvalue weighted by Gasteiger charge is -2.26. The van der Waals surface area contributed by atoms with Gasteiger partial charge in [-0.3, -0.25) is 4.79 Å². The van der Waals surface area contributed by atoms with Crippen molar-refractivity contribution in [1.29, 1.82) is 0 Å². The van der Waals surface area contributed by atoms with E-state index in [1.165, 1.54) is 7.11 Å². The molecule has 0 aliphatic heterocycles. The van der Waals surface area contributed by atoms with E-state index < -0.39 is 0 Å². The summed E-state index contributed by atoms with van der Waals surface area (Å²) in [5, 5.41) is 0. The molecule has 0 spiro atoms. The molecular formula is C13H19ClN2O2. The molecule has 0 saturated heterocycles. The fourth-order valence-electron chi connectivity index (χ4n) is 1.70. The summed E-state index contributed by atoms with van der Waals surface area (Å²) in [4.78, 5) is 18.3. The van der Waals surface area contributed by atoms with Crippen molar-refractivity contribution < 1.29 is 9.53 Å². The Kier molecular flexibility index (Phi) is 5.92. The first-order chi connectivity index (χ1) is 8.61. The Morgan fingerprint density at radius 3 is 2.83 bits per heavy atom. The molecule has 4 nitrogen and oxygen atoms in total. The average Bonchev–Trinajstić information content (AvgIpc) is 2.38. The fraction of sp³-hybridized carbons (Fsp3) is 0.538. The largest absolute Gasteiger partial charge is 0.480 e. The van der Waals surface area contributed by atoms with Gasteiger partial charge in [0.25, 0.3) is 5.91 Å². The van der Waals surface area contributed by atoms with Gasteiger partial charge in [-0.2, -0.15) is 0 Å². The highest BCUT2D eigenvalue weighted by molar-refractivity contribution is 6.17. The van der Waals surface area contributed by atoms with Gasteiger partial charge in [-0.25, -0.2) is 4.98 Å². The molecule has 18 heavy (non-hydrogen) atoms. The number of ether oxygens (including phenoxy) is 1. The van der Waals surface area contributed by atoms with Crippen LogP contribution >= 0.6 is 11.6 Å². The molecule has 0 saturated carbocycles. The SMILES string of the molecule is COc1ncccc1C(=O)N(CCCCl)C(C)C. The molecule has 100 valence electrons. The summed E-state index contributed by atoms with van der Waals surface area (Å²) in [6.45, 7) is 4.60. The highest BCUT2D eigenvalue weighted by Crippen LogP contribution is 2.17.